The molecule has 4 rings (SSSR count). The molecule has 24 heavy (non-hydrogen) atoms. The molecule has 0 aliphatic carbocycles. The van der Waals surface area contributed by atoms with E-state index in [0.29, 0.717) is 5.82 Å². The zero-order valence-corrected chi connectivity index (χ0v) is 13.5. The van der Waals surface area contributed by atoms with Crippen molar-refractivity contribution in [1.29, 1.82) is 0 Å². The van der Waals surface area contributed by atoms with Gasteiger partial charge in [0.15, 0.2) is 0 Å². The van der Waals surface area contributed by atoms with Gasteiger partial charge >= 0.3 is 5.65 Å². The molecule has 0 fully saturated rings. The Hall–Kier alpha value is -3.28. The van der Waals surface area contributed by atoms with Crippen molar-refractivity contribution in [3.63, 3.8) is 0 Å². The van der Waals surface area contributed by atoms with Crippen molar-refractivity contribution in [1.82, 2.24) is 19.9 Å². The van der Waals surface area contributed by atoms with Crippen LogP contribution in [0.1, 0.15) is 5.56 Å². The summed E-state index contributed by atoms with van der Waals surface area (Å²) in [6.45, 7) is 2.07. The van der Waals surface area contributed by atoms with Gasteiger partial charge < -0.3 is 5.73 Å². The maximum Gasteiger partial charge on any atom is 0.325 e. The highest BCUT2D eigenvalue weighted by Crippen LogP contribution is 2.28. The van der Waals surface area contributed by atoms with Gasteiger partial charge in [-0.15, -0.1) is 14.3 Å². The highest BCUT2D eigenvalue weighted by molar-refractivity contribution is 5.77. The lowest BCUT2D eigenvalue weighted by Gasteiger charge is -2.07. The summed E-state index contributed by atoms with van der Waals surface area (Å²) in [4.78, 5) is 4.35. The first-order valence-corrected chi connectivity index (χ1v) is 7.65. The van der Waals surface area contributed by atoms with Gasteiger partial charge in [-0.2, -0.15) is 0 Å². The molecular formula is C18H17N6+. The van der Waals surface area contributed by atoms with E-state index in [2.05, 4.69) is 46.4 Å². The second kappa shape index (κ2) is 5.42. The van der Waals surface area contributed by atoms with Crippen LogP contribution < -0.4 is 10.2 Å². The second-order valence-corrected chi connectivity index (χ2v) is 5.83. The minimum absolute atomic E-state index is 0.460. The first kappa shape index (κ1) is 14.3. The zero-order valence-electron chi connectivity index (χ0n) is 13.5. The number of pyridine rings is 1. The quantitative estimate of drug-likeness (QED) is 0.575. The molecule has 0 saturated carbocycles. The van der Waals surface area contributed by atoms with Crippen molar-refractivity contribution in [2.75, 3.05) is 5.73 Å². The monoisotopic (exact) mass is 317 g/mol. The van der Waals surface area contributed by atoms with Crippen LogP contribution in [0.5, 0.6) is 0 Å². The molecule has 0 unspecified atom stereocenters. The molecule has 3 heterocycles. The smallest absolute Gasteiger partial charge is 0.325 e. The van der Waals surface area contributed by atoms with E-state index in [1.54, 1.807) is 15.4 Å². The van der Waals surface area contributed by atoms with Crippen LogP contribution >= 0.6 is 0 Å². The lowest BCUT2D eigenvalue weighted by atomic mass is 10.0. The van der Waals surface area contributed by atoms with Crippen LogP contribution in [0.25, 0.3) is 28.0 Å². The van der Waals surface area contributed by atoms with Gasteiger partial charge in [0, 0.05) is 28.5 Å². The first-order valence-electron chi connectivity index (χ1n) is 7.65. The predicted octanol–water partition coefficient (Wildman–Crippen LogP) is 2.17. The van der Waals surface area contributed by atoms with Crippen LogP contribution in [0.2, 0.25) is 0 Å². The summed E-state index contributed by atoms with van der Waals surface area (Å²) in [6.07, 6.45) is 3.60. The molecule has 0 radical (unpaired) electrons. The van der Waals surface area contributed by atoms with Gasteiger partial charge in [-0.3, -0.25) is 0 Å². The average molecular weight is 317 g/mol. The van der Waals surface area contributed by atoms with Gasteiger partial charge in [0.2, 0.25) is 6.33 Å². The number of aryl methyl sites for hydroxylation is 2. The zero-order chi connectivity index (χ0) is 16.7. The number of hydrogen-bond donors (Lipinski definition) is 1. The van der Waals surface area contributed by atoms with Crippen molar-refractivity contribution in [2.45, 2.75) is 6.92 Å². The molecule has 0 saturated heterocycles. The van der Waals surface area contributed by atoms with Crippen molar-refractivity contribution in [2.24, 2.45) is 7.05 Å². The average Bonchev–Trinajstić information content (AvgIpc) is 2.95. The van der Waals surface area contributed by atoms with Crippen LogP contribution in [0.4, 0.5) is 5.82 Å². The number of rotatable bonds is 2. The first-order chi connectivity index (χ1) is 11.6. The fourth-order valence-corrected chi connectivity index (χ4v) is 2.67. The standard InChI is InChI=1S/C18H17N6/c1-12-3-5-13(6-4-12)14-9-15(18(19)20-10-14)16-7-8-17-22-23(2)11-24(17)21-16/h3-11H,1-2H3,(H2,19,20)/q+1. The normalized spacial score (nSPS) is 11.1. The van der Waals surface area contributed by atoms with E-state index in [-0.39, 0.29) is 0 Å². The lowest BCUT2D eigenvalue weighted by molar-refractivity contribution is -0.580. The third kappa shape index (κ3) is 2.48. The van der Waals surface area contributed by atoms with Gasteiger partial charge in [-0.05, 0) is 24.6 Å². The van der Waals surface area contributed by atoms with E-state index in [0.717, 1.165) is 28.0 Å². The van der Waals surface area contributed by atoms with E-state index in [9.17, 15) is 0 Å². The van der Waals surface area contributed by atoms with Crippen molar-refractivity contribution in [3.8, 4) is 22.4 Å². The Bertz CT molecular complexity index is 1030. The number of fused-ring (bicyclic) bond motifs is 1. The molecule has 118 valence electrons. The molecule has 0 aliphatic heterocycles. The lowest BCUT2D eigenvalue weighted by Crippen LogP contribution is -2.24. The minimum atomic E-state index is 0.460. The molecule has 2 N–H and O–H groups in total. The van der Waals surface area contributed by atoms with E-state index in [1.807, 2.05) is 31.6 Å². The number of nitrogens with zero attached hydrogens (tertiary/aromatic N) is 5. The maximum absolute atomic E-state index is 6.09. The summed E-state index contributed by atoms with van der Waals surface area (Å²) in [5.74, 6) is 0.460. The summed E-state index contributed by atoms with van der Waals surface area (Å²) in [6, 6.07) is 14.2. The molecule has 0 aliphatic rings. The molecule has 0 atom stereocenters. The Kier molecular flexibility index (Phi) is 3.23. The summed E-state index contributed by atoms with van der Waals surface area (Å²) in [5, 5.41) is 8.90. The predicted molar refractivity (Wildman–Crippen MR) is 92.0 cm³/mol. The molecular weight excluding hydrogens is 300 g/mol. The summed E-state index contributed by atoms with van der Waals surface area (Å²) in [5.41, 5.74) is 11.8. The van der Waals surface area contributed by atoms with Crippen molar-refractivity contribution < 1.29 is 4.52 Å². The van der Waals surface area contributed by atoms with Crippen LogP contribution in [0, 0.1) is 6.92 Å². The molecule has 3 aromatic heterocycles. The largest absolute Gasteiger partial charge is 0.383 e. The SMILES string of the molecule is Cc1ccc(-c2cnc(N)c(-c3ccc4nn(C)c[n+]4n3)c2)cc1. The van der Waals surface area contributed by atoms with E-state index in [4.69, 9.17) is 5.73 Å². The van der Waals surface area contributed by atoms with Crippen LogP contribution in [0.15, 0.2) is 55.0 Å². The fourth-order valence-electron chi connectivity index (χ4n) is 2.67. The number of nitrogen functional groups attached to an aromatic ring is 1. The minimum Gasteiger partial charge on any atom is -0.383 e. The number of nitrogens with two attached hydrogens (primary N) is 1. The maximum atomic E-state index is 6.09. The van der Waals surface area contributed by atoms with Crippen LogP contribution in [0.3, 0.4) is 0 Å². The number of anilines is 1. The molecule has 0 spiro atoms. The Morgan fingerprint density at radius 1 is 1.04 bits per heavy atom. The van der Waals surface area contributed by atoms with Gasteiger partial charge in [-0.25, -0.2) is 4.98 Å². The second-order valence-electron chi connectivity index (χ2n) is 5.83. The Morgan fingerprint density at radius 3 is 2.62 bits per heavy atom. The Morgan fingerprint density at radius 2 is 1.83 bits per heavy atom. The highest BCUT2D eigenvalue weighted by atomic mass is 15.4. The van der Waals surface area contributed by atoms with E-state index >= 15 is 0 Å². The summed E-state index contributed by atoms with van der Waals surface area (Å²) in [7, 11) is 1.86. The molecule has 1 aromatic carbocycles. The number of hydrogen-bond acceptors (Lipinski definition) is 4. The fraction of sp³-hybridized carbons (Fsp3) is 0.111. The molecule has 4 aromatic rings. The van der Waals surface area contributed by atoms with Gasteiger partial charge in [-0.1, -0.05) is 29.8 Å². The summed E-state index contributed by atoms with van der Waals surface area (Å²) < 4.78 is 3.45. The van der Waals surface area contributed by atoms with Crippen molar-refractivity contribution in [3.05, 3.63) is 60.6 Å². The highest BCUT2D eigenvalue weighted by Gasteiger charge is 2.13. The topological polar surface area (TPSA) is 73.7 Å². The third-order valence-electron chi connectivity index (χ3n) is 3.96. The van der Waals surface area contributed by atoms with E-state index < -0.39 is 0 Å². The van der Waals surface area contributed by atoms with Gasteiger partial charge in [0.05, 0.1) is 7.05 Å². The number of aromatic nitrogens is 5. The van der Waals surface area contributed by atoms with E-state index in [1.165, 1.54) is 5.56 Å². The van der Waals surface area contributed by atoms with Gasteiger partial charge in [0.1, 0.15) is 11.5 Å². The Labute approximate surface area is 139 Å². The van der Waals surface area contributed by atoms with Crippen LogP contribution in [-0.4, -0.2) is 19.9 Å². The Balaban J connectivity index is 1.83. The van der Waals surface area contributed by atoms with Gasteiger partial charge in [0.25, 0.3) is 0 Å². The molecule has 0 amide bonds. The number of benzene rings is 1. The third-order valence-corrected chi connectivity index (χ3v) is 3.96. The van der Waals surface area contributed by atoms with Crippen molar-refractivity contribution >= 4 is 11.5 Å². The molecule has 0 bridgehead atoms. The van der Waals surface area contributed by atoms with Crippen LogP contribution in [-0.2, 0) is 7.05 Å². The summed E-state index contributed by atoms with van der Waals surface area (Å²) >= 11 is 0. The molecule has 6 heteroatoms. The molecule has 6 nitrogen and oxygen atoms in total.